The molecule has 2 aromatic rings. The van der Waals surface area contributed by atoms with Gasteiger partial charge in [0.2, 0.25) is 5.91 Å². The third-order valence-corrected chi connectivity index (χ3v) is 4.25. The number of ether oxygens (including phenoxy) is 1. The van der Waals surface area contributed by atoms with Crippen molar-refractivity contribution in [3.05, 3.63) is 71.8 Å². The van der Waals surface area contributed by atoms with E-state index in [2.05, 4.69) is 0 Å². The van der Waals surface area contributed by atoms with E-state index in [1.807, 2.05) is 36.4 Å². The van der Waals surface area contributed by atoms with Crippen LogP contribution in [-0.4, -0.2) is 41.6 Å². The van der Waals surface area contributed by atoms with E-state index in [1.54, 1.807) is 24.3 Å². The molecule has 2 rings (SSSR count). The Morgan fingerprint density at radius 3 is 2.16 bits per heavy atom. The number of rotatable bonds is 7. The van der Waals surface area contributed by atoms with E-state index in [9.17, 15) is 14.7 Å². The number of amides is 1. The van der Waals surface area contributed by atoms with Gasteiger partial charge in [0, 0.05) is 6.54 Å². The van der Waals surface area contributed by atoms with Crippen LogP contribution in [0.4, 0.5) is 0 Å². The van der Waals surface area contributed by atoms with E-state index in [1.165, 1.54) is 12.0 Å². The van der Waals surface area contributed by atoms with E-state index in [0.29, 0.717) is 5.56 Å². The van der Waals surface area contributed by atoms with Crippen LogP contribution in [-0.2, 0) is 20.9 Å². The molecule has 0 aromatic heterocycles. The van der Waals surface area contributed by atoms with E-state index in [4.69, 9.17) is 16.3 Å². The maximum atomic E-state index is 12.9. The van der Waals surface area contributed by atoms with E-state index in [0.717, 1.165) is 5.56 Å². The van der Waals surface area contributed by atoms with Gasteiger partial charge in [-0.1, -0.05) is 60.7 Å². The lowest BCUT2D eigenvalue weighted by atomic mass is 10.1. The van der Waals surface area contributed by atoms with Gasteiger partial charge < -0.3 is 14.7 Å². The second-order valence-corrected chi connectivity index (χ2v) is 5.88. The summed E-state index contributed by atoms with van der Waals surface area (Å²) in [6, 6.07) is 16.9. The van der Waals surface area contributed by atoms with Crippen LogP contribution in [0, 0.1) is 0 Å². The Morgan fingerprint density at radius 1 is 1.08 bits per heavy atom. The number of methoxy groups -OCH3 is 1. The normalized spacial score (nSPS) is 12.9. The SMILES string of the molecule is COC(=O)C(CO)N(Cc1ccccc1)C(=O)C(Cl)c1ccccc1. The first-order valence-electron chi connectivity index (χ1n) is 7.80. The molecule has 2 atom stereocenters. The number of halogens is 1. The molecule has 6 heteroatoms. The number of alkyl halides is 1. The van der Waals surface area contributed by atoms with Gasteiger partial charge in [-0.2, -0.15) is 0 Å². The summed E-state index contributed by atoms with van der Waals surface area (Å²) in [5, 5.41) is 8.67. The van der Waals surface area contributed by atoms with Gasteiger partial charge in [0.15, 0.2) is 6.04 Å². The number of nitrogens with zero attached hydrogens (tertiary/aromatic N) is 1. The zero-order valence-corrected chi connectivity index (χ0v) is 14.6. The van der Waals surface area contributed by atoms with Crippen molar-refractivity contribution in [1.29, 1.82) is 0 Å². The summed E-state index contributed by atoms with van der Waals surface area (Å²) in [7, 11) is 1.21. The van der Waals surface area contributed by atoms with Crippen LogP contribution in [0.3, 0.4) is 0 Å². The topological polar surface area (TPSA) is 66.8 Å². The minimum absolute atomic E-state index is 0.135. The van der Waals surface area contributed by atoms with Crippen molar-refractivity contribution < 1.29 is 19.4 Å². The maximum Gasteiger partial charge on any atom is 0.331 e. The zero-order valence-electron chi connectivity index (χ0n) is 13.8. The van der Waals surface area contributed by atoms with Gasteiger partial charge in [-0.15, -0.1) is 11.6 Å². The Balaban J connectivity index is 2.32. The summed E-state index contributed by atoms with van der Waals surface area (Å²) in [4.78, 5) is 26.2. The van der Waals surface area contributed by atoms with E-state index in [-0.39, 0.29) is 6.54 Å². The van der Waals surface area contributed by atoms with E-state index >= 15 is 0 Å². The van der Waals surface area contributed by atoms with Crippen molar-refractivity contribution in [3.8, 4) is 0 Å². The monoisotopic (exact) mass is 361 g/mol. The fourth-order valence-electron chi connectivity index (χ4n) is 2.47. The molecule has 1 amide bonds. The minimum Gasteiger partial charge on any atom is -0.467 e. The Bertz CT molecular complexity index is 693. The van der Waals surface area contributed by atoms with Crippen molar-refractivity contribution in [2.75, 3.05) is 13.7 Å². The third kappa shape index (κ3) is 4.81. The number of aliphatic hydroxyl groups is 1. The fourth-order valence-corrected chi connectivity index (χ4v) is 2.74. The lowest BCUT2D eigenvalue weighted by Crippen LogP contribution is -2.48. The van der Waals surface area contributed by atoms with Crippen molar-refractivity contribution >= 4 is 23.5 Å². The van der Waals surface area contributed by atoms with Gasteiger partial charge in [0.25, 0.3) is 0 Å². The van der Waals surface area contributed by atoms with Crippen molar-refractivity contribution in [2.45, 2.75) is 18.0 Å². The van der Waals surface area contributed by atoms with Gasteiger partial charge in [-0.25, -0.2) is 4.79 Å². The molecule has 0 fully saturated rings. The molecule has 0 aliphatic carbocycles. The maximum absolute atomic E-state index is 12.9. The highest BCUT2D eigenvalue weighted by Gasteiger charge is 2.34. The second-order valence-electron chi connectivity index (χ2n) is 5.45. The molecular weight excluding hydrogens is 342 g/mol. The summed E-state index contributed by atoms with van der Waals surface area (Å²) in [5.74, 6) is -1.16. The second kappa shape index (κ2) is 9.20. The first kappa shape index (κ1) is 19.0. The van der Waals surface area contributed by atoms with Crippen LogP contribution in [0.2, 0.25) is 0 Å². The highest BCUT2D eigenvalue weighted by Crippen LogP contribution is 2.25. The predicted molar refractivity (Wildman–Crippen MR) is 94.9 cm³/mol. The van der Waals surface area contributed by atoms with Crippen LogP contribution < -0.4 is 0 Å². The van der Waals surface area contributed by atoms with Crippen LogP contribution in [0.25, 0.3) is 0 Å². The first-order chi connectivity index (χ1) is 12.1. The zero-order chi connectivity index (χ0) is 18.2. The largest absolute Gasteiger partial charge is 0.467 e. The lowest BCUT2D eigenvalue weighted by molar-refractivity contribution is -0.155. The van der Waals surface area contributed by atoms with Crippen molar-refractivity contribution in [2.24, 2.45) is 0 Å². The van der Waals surface area contributed by atoms with E-state index < -0.39 is 29.9 Å². The molecule has 0 saturated carbocycles. The van der Waals surface area contributed by atoms with Crippen LogP contribution >= 0.6 is 11.6 Å². The van der Waals surface area contributed by atoms with Crippen LogP contribution in [0.5, 0.6) is 0 Å². The number of benzene rings is 2. The molecule has 2 unspecified atom stereocenters. The molecule has 5 nitrogen and oxygen atoms in total. The molecule has 0 saturated heterocycles. The summed E-state index contributed by atoms with van der Waals surface area (Å²) in [6.45, 7) is -0.417. The number of aliphatic hydroxyl groups excluding tert-OH is 1. The lowest BCUT2D eigenvalue weighted by Gasteiger charge is -2.30. The highest BCUT2D eigenvalue weighted by molar-refractivity contribution is 6.30. The summed E-state index contributed by atoms with van der Waals surface area (Å²) < 4.78 is 4.72. The molecule has 0 heterocycles. The third-order valence-electron chi connectivity index (χ3n) is 3.81. The molecule has 25 heavy (non-hydrogen) atoms. The minimum atomic E-state index is -1.12. The molecule has 0 spiro atoms. The first-order valence-corrected chi connectivity index (χ1v) is 8.24. The number of hydrogen-bond donors (Lipinski definition) is 1. The molecule has 0 aliphatic heterocycles. The highest BCUT2D eigenvalue weighted by atomic mass is 35.5. The molecule has 0 bridgehead atoms. The Hall–Kier alpha value is -2.37. The smallest absolute Gasteiger partial charge is 0.331 e. The van der Waals surface area contributed by atoms with Crippen LogP contribution in [0.1, 0.15) is 16.5 Å². The van der Waals surface area contributed by atoms with Gasteiger partial charge in [-0.3, -0.25) is 4.79 Å². The number of carbonyl (C=O) groups is 2. The molecule has 0 aliphatic rings. The molecule has 2 aromatic carbocycles. The molecular formula is C19H20ClNO4. The fraction of sp³-hybridized carbons (Fsp3) is 0.263. The summed E-state index contributed by atoms with van der Waals surface area (Å²) in [6.07, 6.45) is 0. The van der Waals surface area contributed by atoms with Gasteiger partial charge in [0.05, 0.1) is 13.7 Å². The molecule has 132 valence electrons. The standard InChI is InChI=1S/C19H20ClNO4/c1-25-19(24)16(13-22)21(12-14-8-4-2-5-9-14)18(23)17(20)15-10-6-3-7-11-15/h2-11,16-17,22H,12-13H2,1H3. The Labute approximate surface area is 151 Å². The van der Waals surface area contributed by atoms with Crippen LogP contribution in [0.15, 0.2) is 60.7 Å². The van der Waals surface area contributed by atoms with Gasteiger partial charge in [-0.05, 0) is 11.1 Å². The van der Waals surface area contributed by atoms with Crippen molar-refractivity contribution in [3.63, 3.8) is 0 Å². The average molecular weight is 362 g/mol. The Morgan fingerprint density at radius 2 is 1.64 bits per heavy atom. The quantitative estimate of drug-likeness (QED) is 0.608. The molecule has 0 radical (unpaired) electrons. The predicted octanol–water partition coefficient (Wildman–Crippen LogP) is 2.53. The number of carbonyl (C=O) groups excluding carboxylic acids is 2. The van der Waals surface area contributed by atoms with Gasteiger partial charge >= 0.3 is 5.97 Å². The van der Waals surface area contributed by atoms with Crippen molar-refractivity contribution in [1.82, 2.24) is 4.90 Å². The summed E-state index contributed by atoms with van der Waals surface area (Å²) >= 11 is 6.34. The molecule has 1 N–H and O–H groups in total. The van der Waals surface area contributed by atoms with Gasteiger partial charge in [0.1, 0.15) is 5.38 Å². The average Bonchev–Trinajstić information content (AvgIpc) is 2.67. The number of esters is 1. The number of hydrogen-bond acceptors (Lipinski definition) is 4. The summed E-state index contributed by atoms with van der Waals surface area (Å²) in [5.41, 5.74) is 1.43. The Kier molecular flexibility index (Phi) is 6.98.